The van der Waals surface area contributed by atoms with E-state index in [4.69, 9.17) is 40.9 Å². The van der Waals surface area contributed by atoms with E-state index in [2.05, 4.69) is 6.92 Å². The van der Waals surface area contributed by atoms with Crippen molar-refractivity contribution in [2.75, 3.05) is 19.8 Å². The van der Waals surface area contributed by atoms with Gasteiger partial charge in [-0.3, -0.25) is 4.79 Å². The standard InChI is InChI=1S/C36H69N3O15/c1-2-3-4-5-6-7-8-9-10-11-12-13-14-15-16-20(32(47)48)36(19-42)31(46)28(45)25(39)35(54-36)53-30-22(18-41)51-34(24(38)27(30)44)52-29-21(17-40)50-33(49)23(37)26(29)43/h20-31,33-35,40-46,49H,2-19,37-39H2,1H3,(H,47,48)/t20?,21-,22-,23-,24-,25-,26-,27-,28-,29?,30?,31+,33-,34+,35+,36+/m1/s1. The van der Waals surface area contributed by atoms with Crippen molar-refractivity contribution in [2.45, 2.75) is 195 Å². The van der Waals surface area contributed by atoms with Crippen molar-refractivity contribution in [1.29, 1.82) is 0 Å². The Kier molecular flexibility index (Phi) is 20.4. The number of nitrogens with two attached hydrogens (primary N) is 3. The van der Waals surface area contributed by atoms with Crippen molar-refractivity contribution in [2.24, 2.45) is 23.1 Å². The highest BCUT2D eigenvalue weighted by Crippen LogP contribution is 2.40. The van der Waals surface area contributed by atoms with Crippen molar-refractivity contribution >= 4 is 5.97 Å². The molecule has 0 aromatic heterocycles. The highest BCUT2D eigenvalue weighted by molar-refractivity contribution is 5.72. The normalized spacial score (nSPS) is 39.4. The van der Waals surface area contributed by atoms with E-state index in [0.717, 1.165) is 25.7 Å². The first-order valence-electron chi connectivity index (χ1n) is 19.8. The van der Waals surface area contributed by atoms with Crippen molar-refractivity contribution in [3.05, 3.63) is 0 Å². The van der Waals surface area contributed by atoms with Gasteiger partial charge in [-0.15, -0.1) is 0 Å². The van der Waals surface area contributed by atoms with Crippen LogP contribution < -0.4 is 17.2 Å². The summed E-state index contributed by atoms with van der Waals surface area (Å²) in [5, 5.41) is 94.7. The van der Waals surface area contributed by atoms with Crippen LogP contribution in [0.2, 0.25) is 0 Å². The summed E-state index contributed by atoms with van der Waals surface area (Å²) in [6.07, 6.45) is -2.03. The first-order chi connectivity index (χ1) is 25.8. The number of hydrogen-bond donors (Lipinski definition) is 12. The summed E-state index contributed by atoms with van der Waals surface area (Å²) in [6, 6.07) is -4.29. The molecule has 0 radical (unpaired) electrons. The van der Waals surface area contributed by atoms with Crippen LogP contribution in [0.4, 0.5) is 0 Å². The first-order valence-corrected chi connectivity index (χ1v) is 19.8. The average Bonchev–Trinajstić information content (AvgIpc) is 3.16. The molecule has 3 rings (SSSR count). The average molecular weight is 784 g/mol. The van der Waals surface area contributed by atoms with E-state index in [1.54, 1.807) is 0 Å². The van der Waals surface area contributed by atoms with Gasteiger partial charge in [0, 0.05) is 0 Å². The molecule has 0 aromatic rings. The summed E-state index contributed by atoms with van der Waals surface area (Å²) in [5.41, 5.74) is 15.9. The molecule has 15 N–H and O–H groups in total. The number of hydrogen-bond acceptors (Lipinski definition) is 17. The summed E-state index contributed by atoms with van der Waals surface area (Å²) < 4.78 is 28.6. The summed E-state index contributed by atoms with van der Waals surface area (Å²) in [5.74, 6) is -2.87. The molecule has 3 saturated heterocycles. The van der Waals surface area contributed by atoms with Crippen molar-refractivity contribution in [3.8, 4) is 0 Å². The highest BCUT2D eigenvalue weighted by atomic mass is 16.7. The van der Waals surface area contributed by atoms with E-state index in [-0.39, 0.29) is 6.42 Å². The zero-order valence-corrected chi connectivity index (χ0v) is 31.6. The fourth-order valence-electron chi connectivity index (χ4n) is 7.75. The molecule has 0 saturated carbocycles. The van der Waals surface area contributed by atoms with Gasteiger partial charge >= 0.3 is 5.97 Å². The van der Waals surface area contributed by atoms with Crippen LogP contribution in [0.3, 0.4) is 0 Å². The number of ether oxygens (including phenoxy) is 5. The fourth-order valence-corrected chi connectivity index (χ4v) is 7.75. The molecule has 0 bridgehead atoms. The molecule has 18 heteroatoms. The molecular weight excluding hydrogens is 714 g/mol. The largest absolute Gasteiger partial charge is 0.481 e. The molecule has 0 spiro atoms. The van der Waals surface area contributed by atoms with Crippen LogP contribution in [0, 0.1) is 5.92 Å². The maximum absolute atomic E-state index is 12.6. The molecule has 318 valence electrons. The van der Waals surface area contributed by atoms with Gasteiger partial charge in [0.2, 0.25) is 0 Å². The van der Waals surface area contributed by atoms with E-state index in [9.17, 15) is 50.8 Å². The van der Waals surface area contributed by atoms with E-state index >= 15 is 0 Å². The lowest BCUT2D eigenvalue weighted by Gasteiger charge is -2.52. The quantitative estimate of drug-likeness (QED) is 0.0484. The topological polar surface area (TPSA) is 323 Å². The van der Waals surface area contributed by atoms with Gasteiger partial charge in [-0.1, -0.05) is 96.8 Å². The Balaban J connectivity index is 1.60. The lowest BCUT2D eigenvalue weighted by Crippen LogP contribution is -2.73. The summed E-state index contributed by atoms with van der Waals surface area (Å²) >= 11 is 0. The number of unbranched alkanes of at least 4 members (excludes halogenated alkanes) is 13. The van der Waals surface area contributed by atoms with Crippen LogP contribution in [0.25, 0.3) is 0 Å². The molecule has 3 aliphatic rings. The van der Waals surface area contributed by atoms with Crippen LogP contribution in [-0.4, -0.2) is 163 Å². The molecule has 54 heavy (non-hydrogen) atoms. The van der Waals surface area contributed by atoms with Crippen molar-refractivity contribution < 1.29 is 74.4 Å². The van der Waals surface area contributed by atoms with E-state index in [0.29, 0.717) is 12.8 Å². The number of rotatable bonds is 24. The molecule has 0 aliphatic carbocycles. The van der Waals surface area contributed by atoms with Crippen LogP contribution in [0.15, 0.2) is 0 Å². The predicted molar refractivity (Wildman–Crippen MR) is 192 cm³/mol. The zero-order chi connectivity index (χ0) is 40.0. The lowest BCUT2D eigenvalue weighted by molar-refractivity contribution is -0.365. The maximum Gasteiger partial charge on any atom is 0.309 e. The van der Waals surface area contributed by atoms with Crippen LogP contribution in [-0.2, 0) is 28.5 Å². The Bertz CT molecular complexity index is 1060. The summed E-state index contributed by atoms with van der Waals surface area (Å²) in [6.45, 7) is -0.302. The third kappa shape index (κ3) is 11.9. The fraction of sp³-hybridized carbons (Fsp3) is 0.972. The van der Waals surface area contributed by atoms with Gasteiger partial charge < -0.3 is 86.8 Å². The molecule has 0 amide bonds. The summed E-state index contributed by atoms with van der Waals surface area (Å²) in [7, 11) is 0. The monoisotopic (exact) mass is 783 g/mol. The number of aliphatic hydroxyl groups excluding tert-OH is 8. The van der Waals surface area contributed by atoms with Gasteiger partial charge in [0.05, 0.1) is 43.9 Å². The predicted octanol–water partition coefficient (Wildman–Crippen LogP) is -1.73. The SMILES string of the molecule is CCCCCCCCCCCCCCCCC(C(=O)O)[C@]1(CO)O[C@H](OC2[C@@H](CO)O[C@@H](OC3[C@@H](CO)O[C@@H](O)[C@H](N)[C@H]3O)[C@H](N)[C@H]2O)[C@H](N)[C@@H](O)[C@@H]1O. The third-order valence-electron chi connectivity index (χ3n) is 11.3. The highest BCUT2D eigenvalue weighted by Gasteiger charge is 2.60. The second-order valence-electron chi connectivity index (χ2n) is 15.2. The van der Waals surface area contributed by atoms with E-state index in [1.165, 1.54) is 51.4 Å². The van der Waals surface area contributed by atoms with Gasteiger partial charge in [0.25, 0.3) is 0 Å². The van der Waals surface area contributed by atoms with E-state index < -0.39 is 123 Å². The van der Waals surface area contributed by atoms with Gasteiger partial charge in [0.15, 0.2) is 18.9 Å². The second-order valence-corrected chi connectivity index (χ2v) is 15.2. The smallest absolute Gasteiger partial charge is 0.309 e. The molecule has 16 atom stereocenters. The number of carboxylic acids is 1. The minimum absolute atomic E-state index is 0.00420. The van der Waals surface area contributed by atoms with Crippen molar-refractivity contribution in [1.82, 2.24) is 0 Å². The van der Waals surface area contributed by atoms with Gasteiger partial charge in [-0.05, 0) is 6.42 Å². The third-order valence-corrected chi connectivity index (χ3v) is 11.3. The molecule has 18 nitrogen and oxygen atoms in total. The molecule has 0 aromatic carbocycles. The minimum atomic E-state index is -2.26. The molecular formula is C36H69N3O15. The Morgan fingerprint density at radius 1 is 0.648 bits per heavy atom. The number of aliphatic carboxylic acids is 1. The Morgan fingerprint density at radius 3 is 1.57 bits per heavy atom. The van der Waals surface area contributed by atoms with Crippen molar-refractivity contribution in [3.63, 3.8) is 0 Å². The Labute approximate surface area is 317 Å². The molecule has 3 unspecified atom stereocenters. The van der Waals surface area contributed by atoms with Crippen LogP contribution >= 0.6 is 0 Å². The lowest BCUT2D eigenvalue weighted by atomic mass is 9.75. The number of carboxylic acid groups (broad SMARTS) is 1. The van der Waals surface area contributed by atoms with Gasteiger partial charge in [0.1, 0.15) is 54.4 Å². The molecule has 3 fully saturated rings. The Hall–Kier alpha value is -1.17. The minimum Gasteiger partial charge on any atom is -0.481 e. The Morgan fingerprint density at radius 2 is 1.09 bits per heavy atom. The molecule has 3 heterocycles. The maximum atomic E-state index is 12.6. The second kappa shape index (κ2) is 23.3. The van der Waals surface area contributed by atoms with Gasteiger partial charge in [-0.25, -0.2) is 0 Å². The number of aliphatic hydroxyl groups is 8. The van der Waals surface area contributed by atoms with E-state index in [1.807, 2.05) is 0 Å². The number of carbonyl (C=O) groups is 1. The zero-order valence-electron chi connectivity index (χ0n) is 31.6. The first kappa shape index (κ1) is 47.2. The van der Waals surface area contributed by atoms with Gasteiger partial charge in [-0.2, -0.15) is 0 Å². The summed E-state index contributed by atoms with van der Waals surface area (Å²) in [4.78, 5) is 12.6. The molecule has 3 aliphatic heterocycles. The van der Waals surface area contributed by atoms with Crippen LogP contribution in [0.5, 0.6) is 0 Å². The van der Waals surface area contributed by atoms with Crippen LogP contribution in [0.1, 0.15) is 103 Å².